The largest absolute Gasteiger partial charge is 0.338 e. The Morgan fingerprint density at radius 1 is 1.35 bits per heavy atom. The minimum Gasteiger partial charge on any atom is -0.338 e. The van der Waals surface area contributed by atoms with Crippen molar-refractivity contribution < 1.29 is 13.2 Å². The molecule has 2 N–H and O–H groups in total. The van der Waals surface area contributed by atoms with Gasteiger partial charge in [0.2, 0.25) is 10.0 Å². The molecular weight excluding hydrogens is 314 g/mol. The first kappa shape index (κ1) is 17.7. The van der Waals surface area contributed by atoms with Gasteiger partial charge in [-0.3, -0.25) is 0 Å². The normalized spacial score (nSPS) is 18.7. The number of hydrogen-bond donors (Lipinski definition) is 2. The summed E-state index contributed by atoms with van der Waals surface area (Å²) in [7, 11) is -3.24. The van der Waals surface area contributed by atoms with Gasteiger partial charge in [0.05, 0.1) is 6.26 Å². The van der Waals surface area contributed by atoms with Crippen molar-refractivity contribution in [1.82, 2.24) is 14.9 Å². The molecule has 6 nitrogen and oxygen atoms in total. The average Bonchev–Trinajstić information content (AvgIpc) is 2.47. The third kappa shape index (κ3) is 5.84. The number of amides is 2. The maximum absolute atomic E-state index is 12.2. The van der Waals surface area contributed by atoms with E-state index in [-0.39, 0.29) is 12.1 Å². The molecule has 1 aliphatic heterocycles. The zero-order valence-corrected chi connectivity index (χ0v) is 14.5. The van der Waals surface area contributed by atoms with E-state index in [0.29, 0.717) is 19.6 Å². The number of urea groups is 1. The Bertz CT molecular complexity index is 646. The van der Waals surface area contributed by atoms with Crippen LogP contribution in [0.25, 0.3) is 0 Å². The molecule has 7 heteroatoms. The number of rotatable bonds is 5. The Morgan fingerprint density at radius 3 is 2.78 bits per heavy atom. The molecule has 1 aromatic carbocycles. The molecule has 1 heterocycles. The van der Waals surface area contributed by atoms with Gasteiger partial charge < -0.3 is 10.2 Å². The number of hydrogen-bond acceptors (Lipinski definition) is 3. The summed E-state index contributed by atoms with van der Waals surface area (Å²) in [6.45, 7) is 3.72. The fraction of sp³-hybridized carbons (Fsp3) is 0.562. The van der Waals surface area contributed by atoms with Crippen LogP contribution < -0.4 is 10.0 Å². The molecule has 0 bridgehead atoms. The van der Waals surface area contributed by atoms with Gasteiger partial charge in [-0.2, -0.15) is 0 Å². The standard InChI is InChI=1S/C16H25N3O3S/c1-13-6-3-4-7-14(13)9-10-17-16(20)19-11-5-8-15(12-19)18-23(2,21)22/h3-4,6-7,15,18H,5,8-12H2,1-2H3,(H,17,20). The number of aryl methyl sites for hydroxylation is 1. The van der Waals surface area contributed by atoms with Crippen LogP contribution in [0.2, 0.25) is 0 Å². The van der Waals surface area contributed by atoms with Crippen LogP contribution >= 0.6 is 0 Å². The van der Waals surface area contributed by atoms with E-state index < -0.39 is 10.0 Å². The maximum atomic E-state index is 12.2. The quantitative estimate of drug-likeness (QED) is 0.848. The lowest BCUT2D eigenvalue weighted by Gasteiger charge is -2.32. The Kier molecular flexibility index (Phi) is 6.01. The van der Waals surface area contributed by atoms with Crippen molar-refractivity contribution in [3.63, 3.8) is 0 Å². The molecule has 0 aliphatic carbocycles. The average molecular weight is 339 g/mol. The van der Waals surface area contributed by atoms with Gasteiger partial charge in [-0.25, -0.2) is 17.9 Å². The zero-order chi connectivity index (χ0) is 16.9. The number of nitrogens with one attached hydrogen (secondary N) is 2. The van der Waals surface area contributed by atoms with Gasteiger partial charge in [0.1, 0.15) is 0 Å². The van der Waals surface area contributed by atoms with Crippen LogP contribution in [0.1, 0.15) is 24.0 Å². The number of benzene rings is 1. The van der Waals surface area contributed by atoms with Gasteiger partial charge >= 0.3 is 6.03 Å². The Balaban J connectivity index is 1.80. The molecule has 2 amide bonds. The first-order valence-electron chi connectivity index (χ1n) is 7.90. The molecule has 0 spiro atoms. The van der Waals surface area contributed by atoms with Crippen molar-refractivity contribution in [2.24, 2.45) is 0 Å². The Morgan fingerprint density at radius 2 is 2.09 bits per heavy atom. The van der Waals surface area contributed by atoms with Gasteiger partial charge in [-0.05, 0) is 37.3 Å². The third-order valence-electron chi connectivity index (χ3n) is 4.02. The summed E-state index contributed by atoms with van der Waals surface area (Å²) in [5.74, 6) is 0. The maximum Gasteiger partial charge on any atom is 0.317 e. The van der Waals surface area contributed by atoms with Crippen LogP contribution in [-0.2, 0) is 16.4 Å². The van der Waals surface area contributed by atoms with Crippen molar-refractivity contribution in [3.8, 4) is 0 Å². The number of carbonyl (C=O) groups is 1. The summed E-state index contributed by atoms with van der Waals surface area (Å²) in [5, 5.41) is 2.92. The van der Waals surface area contributed by atoms with Gasteiger partial charge in [0.25, 0.3) is 0 Å². The molecule has 1 atom stereocenters. The number of carbonyl (C=O) groups excluding carboxylic acids is 1. The van der Waals surface area contributed by atoms with E-state index in [1.54, 1.807) is 4.90 Å². The zero-order valence-electron chi connectivity index (χ0n) is 13.7. The topological polar surface area (TPSA) is 78.5 Å². The molecule has 1 aliphatic rings. The molecular formula is C16H25N3O3S. The number of sulfonamides is 1. The summed E-state index contributed by atoms with van der Waals surface area (Å²) < 4.78 is 25.2. The van der Waals surface area contributed by atoms with Gasteiger partial charge in [-0.15, -0.1) is 0 Å². The Hall–Kier alpha value is -1.60. The highest BCUT2D eigenvalue weighted by molar-refractivity contribution is 7.88. The second kappa shape index (κ2) is 7.79. The van der Waals surface area contributed by atoms with Crippen molar-refractivity contribution >= 4 is 16.1 Å². The van der Waals surface area contributed by atoms with Crippen LogP contribution in [-0.4, -0.2) is 51.3 Å². The van der Waals surface area contributed by atoms with Crippen LogP contribution in [0, 0.1) is 6.92 Å². The van der Waals surface area contributed by atoms with E-state index in [4.69, 9.17) is 0 Å². The van der Waals surface area contributed by atoms with Crippen LogP contribution in [0.4, 0.5) is 4.79 Å². The molecule has 0 saturated carbocycles. The van der Waals surface area contributed by atoms with E-state index in [0.717, 1.165) is 25.5 Å². The van der Waals surface area contributed by atoms with Crippen molar-refractivity contribution in [2.75, 3.05) is 25.9 Å². The van der Waals surface area contributed by atoms with E-state index in [1.807, 2.05) is 12.1 Å². The Labute approximate surface area is 138 Å². The highest BCUT2D eigenvalue weighted by Gasteiger charge is 2.25. The predicted molar refractivity (Wildman–Crippen MR) is 90.9 cm³/mol. The summed E-state index contributed by atoms with van der Waals surface area (Å²) in [6.07, 6.45) is 3.50. The lowest BCUT2D eigenvalue weighted by atomic mass is 10.1. The van der Waals surface area contributed by atoms with Gasteiger partial charge in [0, 0.05) is 25.7 Å². The monoisotopic (exact) mass is 339 g/mol. The first-order chi connectivity index (χ1) is 10.8. The fourth-order valence-electron chi connectivity index (χ4n) is 2.87. The second-order valence-electron chi connectivity index (χ2n) is 6.08. The van der Waals surface area contributed by atoms with Crippen molar-refractivity contribution in [1.29, 1.82) is 0 Å². The van der Waals surface area contributed by atoms with Gasteiger partial charge in [0.15, 0.2) is 0 Å². The van der Waals surface area contributed by atoms with E-state index in [2.05, 4.69) is 29.1 Å². The fourth-order valence-corrected chi connectivity index (χ4v) is 3.66. The lowest BCUT2D eigenvalue weighted by molar-refractivity contribution is 0.177. The first-order valence-corrected chi connectivity index (χ1v) is 9.79. The van der Waals surface area contributed by atoms with Crippen LogP contribution in [0.15, 0.2) is 24.3 Å². The molecule has 0 radical (unpaired) electrons. The number of piperidine rings is 1. The van der Waals surface area contributed by atoms with Crippen molar-refractivity contribution in [3.05, 3.63) is 35.4 Å². The van der Waals surface area contributed by atoms with Gasteiger partial charge in [-0.1, -0.05) is 24.3 Å². The lowest BCUT2D eigenvalue weighted by Crippen LogP contribution is -2.52. The van der Waals surface area contributed by atoms with E-state index in [9.17, 15) is 13.2 Å². The summed E-state index contributed by atoms with van der Waals surface area (Å²) in [4.78, 5) is 13.9. The van der Waals surface area contributed by atoms with Crippen LogP contribution in [0.3, 0.4) is 0 Å². The summed E-state index contributed by atoms with van der Waals surface area (Å²) in [6, 6.07) is 7.80. The number of likely N-dealkylation sites (tertiary alicyclic amines) is 1. The highest BCUT2D eigenvalue weighted by Crippen LogP contribution is 2.11. The summed E-state index contributed by atoms with van der Waals surface area (Å²) >= 11 is 0. The van der Waals surface area contributed by atoms with Crippen molar-refractivity contribution in [2.45, 2.75) is 32.2 Å². The molecule has 2 rings (SSSR count). The predicted octanol–water partition coefficient (Wildman–Crippen LogP) is 1.26. The minimum absolute atomic E-state index is 0.126. The SMILES string of the molecule is Cc1ccccc1CCNC(=O)N1CCCC(NS(C)(=O)=O)C1. The smallest absolute Gasteiger partial charge is 0.317 e. The summed E-state index contributed by atoms with van der Waals surface area (Å²) in [5.41, 5.74) is 2.44. The molecule has 0 aromatic heterocycles. The van der Waals surface area contributed by atoms with E-state index in [1.165, 1.54) is 11.1 Å². The highest BCUT2D eigenvalue weighted by atomic mass is 32.2. The second-order valence-corrected chi connectivity index (χ2v) is 7.86. The minimum atomic E-state index is -3.24. The molecule has 1 aromatic rings. The number of nitrogens with zero attached hydrogens (tertiary/aromatic N) is 1. The third-order valence-corrected chi connectivity index (χ3v) is 4.78. The molecule has 128 valence electrons. The molecule has 1 unspecified atom stereocenters. The van der Waals surface area contributed by atoms with Crippen LogP contribution in [0.5, 0.6) is 0 Å². The molecule has 1 saturated heterocycles. The molecule has 1 fully saturated rings. The van der Waals surface area contributed by atoms with E-state index >= 15 is 0 Å². The molecule has 23 heavy (non-hydrogen) atoms.